The summed E-state index contributed by atoms with van der Waals surface area (Å²) >= 11 is 5.99. The molecule has 1 aromatic heterocycles. The van der Waals surface area contributed by atoms with Gasteiger partial charge in [0.15, 0.2) is 0 Å². The summed E-state index contributed by atoms with van der Waals surface area (Å²) in [5, 5.41) is 1.12. The van der Waals surface area contributed by atoms with E-state index in [1.54, 1.807) is 25.2 Å². The van der Waals surface area contributed by atoms with Crippen molar-refractivity contribution in [3.8, 4) is 0 Å². The summed E-state index contributed by atoms with van der Waals surface area (Å²) < 4.78 is 1.36. The van der Waals surface area contributed by atoms with Crippen LogP contribution in [0.4, 0.5) is 0 Å². The Kier molecular flexibility index (Phi) is 2.44. The van der Waals surface area contributed by atoms with Crippen LogP contribution in [-0.2, 0) is 7.05 Å². The summed E-state index contributed by atoms with van der Waals surface area (Å²) in [6.45, 7) is 0. The van der Waals surface area contributed by atoms with Crippen LogP contribution in [0.2, 0.25) is 5.02 Å². The Bertz CT molecular complexity index is 646. The maximum atomic E-state index is 11.8. The second-order valence-electron chi connectivity index (χ2n) is 3.46. The van der Waals surface area contributed by atoms with Gasteiger partial charge in [0, 0.05) is 17.5 Å². The number of amides is 1. The molecule has 1 aromatic carbocycles. The maximum absolute atomic E-state index is 11.8. The summed E-state index contributed by atoms with van der Waals surface area (Å²) in [6.07, 6.45) is 0. The lowest BCUT2D eigenvalue weighted by Gasteiger charge is -2.07. The average molecular weight is 237 g/mol. The van der Waals surface area contributed by atoms with Crippen molar-refractivity contribution in [1.82, 2.24) is 4.57 Å². The molecule has 2 rings (SSSR count). The topological polar surface area (TPSA) is 65.1 Å². The summed E-state index contributed by atoms with van der Waals surface area (Å²) in [5.74, 6) is -0.748. The largest absolute Gasteiger partial charge is 0.365 e. The second kappa shape index (κ2) is 3.64. The summed E-state index contributed by atoms with van der Waals surface area (Å²) in [6, 6.07) is 6.63. The van der Waals surface area contributed by atoms with E-state index in [9.17, 15) is 9.59 Å². The van der Waals surface area contributed by atoms with Gasteiger partial charge in [0.05, 0.1) is 5.52 Å². The van der Waals surface area contributed by atoms with Gasteiger partial charge >= 0.3 is 0 Å². The number of aryl methyl sites for hydroxylation is 1. The van der Waals surface area contributed by atoms with Crippen LogP contribution in [0.3, 0.4) is 0 Å². The quantitative estimate of drug-likeness (QED) is 0.811. The highest BCUT2D eigenvalue weighted by Gasteiger charge is 2.12. The SMILES string of the molecule is Cn1c(=O)c(C(N)=O)cc2c(Cl)cccc21. The van der Waals surface area contributed by atoms with Crippen LogP contribution in [0.15, 0.2) is 29.1 Å². The molecule has 0 saturated heterocycles. The van der Waals surface area contributed by atoms with E-state index in [-0.39, 0.29) is 5.56 Å². The van der Waals surface area contributed by atoms with Crippen LogP contribution >= 0.6 is 11.6 Å². The van der Waals surface area contributed by atoms with Crippen LogP contribution < -0.4 is 11.3 Å². The molecular weight excluding hydrogens is 228 g/mol. The van der Waals surface area contributed by atoms with Gasteiger partial charge in [0.2, 0.25) is 0 Å². The molecule has 0 fully saturated rings. The number of benzene rings is 1. The lowest BCUT2D eigenvalue weighted by atomic mass is 10.1. The van der Waals surface area contributed by atoms with E-state index >= 15 is 0 Å². The summed E-state index contributed by atoms with van der Waals surface area (Å²) in [4.78, 5) is 22.8. The van der Waals surface area contributed by atoms with E-state index in [1.807, 2.05) is 0 Å². The number of nitrogens with zero attached hydrogens (tertiary/aromatic N) is 1. The molecule has 0 aliphatic heterocycles. The Morgan fingerprint density at radius 1 is 1.44 bits per heavy atom. The third kappa shape index (κ3) is 1.47. The fourth-order valence-corrected chi connectivity index (χ4v) is 1.86. The third-order valence-corrected chi connectivity index (χ3v) is 2.81. The normalized spacial score (nSPS) is 10.6. The zero-order valence-electron chi connectivity index (χ0n) is 8.53. The molecule has 0 radical (unpaired) electrons. The Labute approximate surface area is 96.2 Å². The molecule has 2 N–H and O–H groups in total. The lowest BCUT2D eigenvalue weighted by molar-refractivity contribution is 0.0998. The first-order valence-corrected chi connectivity index (χ1v) is 4.98. The third-order valence-electron chi connectivity index (χ3n) is 2.48. The fourth-order valence-electron chi connectivity index (χ4n) is 1.63. The van der Waals surface area contributed by atoms with E-state index < -0.39 is 11.5 Å². The molecule has 82 valence electrons. The number of halogens is 1. The van der Waals surface area contributed by atoms with Crippen molar-refractivity contribution >= 4 is 28.4 Å². The van der Waals surface area contributed by atoms with Crippen LogP contribution in [-0.4, -0.2) is 10.5 Å². The van der Waals surface area contributed by atoms with Crippen molar-refractivity contribution in [3.05, 3.63) is 45.2 Å². The van der Waals surface area contributed by atoms with Gasteiger partial charge in [-0.25, -0.2) is 0 Å². The Balaban J connectivity index is 3.00. The van der Waals surface area contributed by atoms with Crippen molar-refractivity contribution in [1.29, 1.82) is 0 Å². The number of nitrogens with two attached hydrogens (primary N) is 1. The molecule has 1 amide bonds. The van der Waals surface area contributed by atoms with Gasteiger partial charge in [0.25, 0.3) is 11.5 Å². The minimum atomic E-state index is -0.748. The highest BCUT2D eigenvalue weighted by atomic mass is 35.5. The smallest absolute Gasteiger partial charge is 0.263 e. The number of hydrogen-bond donors (Lipinski definition) is 1. The van der Waals surface area contributed by atoms with E-state index in [2.05, 4.69) is 0 Å². The number of hydrogen-bond acceptors (Lipinski definition) is 2. The summed E-state index contributed by atoms with van der Waals surface area (Å²) in [5.41, 5.74) is 5.33. The van der Waals surface area contributed by atoms with Gasteiger partial charge in [-0.2, -0.15) is 0 Å². The average Bonchev–Trinajstić information content (AvgIpc) is 2.23. The highest BCUT2D eigenvalue weighted by molar-refractivity contribution is 6.35. The van der Waals surface area contributed by atoms with Gasteiger partial charge in [0.1, 0.15) is 5.56 Å². The molecule has 0 aliphatic carbocycles. The molecule has 0 spiro atoms. The Morgan fingerprint density at radius 3 is 2.75 bits per heavy atom. The standard InChI is InChI=1S/C11H9ClN2O2/c1-14-9-4-2-3-8(12)6(9)5-7(10(13)15)11(14)16/h2-5H,1H3,(H2,13,15). The Hall–Kier alpha value is -1.81. The van der Waals surface area contributed by atoms with Crippen LogP contribution in [0, 0.1) is 0 Å². The number of carbonyl (C=O) groups excluding carboxylic acids is 1. The van der Waals surface area contributed by atoms with Crippen molar-refractivity contribution in [2.24, 2.45) is 12.8 Å². The van der Waals surface area contributed by atoms with Crippen molar-refractivity contribution in [2.75, 3.05) is 0 Å². The molecule has 5 heteroatoms. The highest BCUT2D eigenvalue weighted by Crippen LogP contribution is 2.22. The first kappa shape index (κ1) is 10.7. The van der Waals surface area contributed by atoms with Gasteiger partial charge in [-0.1, -0.05) is 17.7 Å². The molecule has 2 aromatic rings. The number of fused-ring (bicyclic) bond motifs is 1. The number of pyridine rings is 1. The molecular formula is C11H9ClN2O2. The maximum Gasteiger partial charge on any atom is 0.263 e. The van der Waals surface area contributed by atoms with Gasteiger partial charge in [-0.15, -0.1) is 0 Å². The molecule has 4 nitrogen and oxygen atoms in total. The van der Waals surface area contributed by atoms with E-state index in [0.29, 0.717) is 15.9 Å². The van der Waals surface area contributed by atoms with Crippen molar-refractivity contribution in [3.63, 3.8) is 0 Å². The minimum absolute atomic E-state index is 0.0527. The number of rotatable bonds is 1. The minimum Gasteiger partial charge on any atom is -0.365 e. The molecule has 0 atom stereocenters. The lowest BCUT2D eigenvalue weighted by Crippen LogP contribution is -2.28. The van der Waals surface area contributed by atoms with Crippen LogP contribution in [0.1, 0.15) is 10.4 Å². The molecule has 0 aliphatic rings. The predicted octanol–water partition coefficient (Wildman–Crippen LogP) is 1.29. The molecule has 1 heterocycles. The first-order valence-electron chi connectivity index (χ1n) is 4.60. The van der Waals surface area contributed by atoms with Gasteiger partial charge in [-0.3, -0.25) is 9.59 Å². The molecule has 0 unspecified atom stereocenters. The zero-order valence-corrected chi connectivity index (χ0v) is 9.28. The number of carbonyl (C=O) groups is 1. The van der Waals surface area contributed by atoms with Crippen molar-refractivity contribution < 1.29 is 4.79 Å². The van der Waals surface area contributed by atoms with E-state index in [0.717, 1.165) is 0 Å². The zero-order chi connectivity index (χ0) is 11.9. The Morgan fingerprint density at radius 2 is 2.12 bits per heavy atom. The van der Waals surface area contributed by atoms with Crippen LogP contribution in [0.5, 0.6) is 0 Å². The fraction of sp³-hybridized carbons (Fsp3) is 0.0909. The number of aromatic nitrogens is 1. The molecule has 16 heavy (non-hydrogen) atoms. The summed E-state index contributed by atoms with van der Waals surface area (Å²) in [7, 11) is 1.58. The van der Waals surface area contributed by atoms with E-state index in [4.69, 9.17) is 17.3 Å². The second-order valence-corrected chi connectivity index (χ2v) is 3.87. The number of primary amides is 1. The van der Waals surface area contributed by atoms with Crippen LogP contribution in [0.25, 0.3) is 10.9 Å². The van der Waals surface area contributed by atoms with Crippen molar-refractivity contribution in [2.45, 2.75) is 0 Å². The first-order chi connectivity index (χ1) is 7.52. The van der Waals surface area contributed by atoms with E-state index in [1.165, 1.54) is 10.6 Å². The molecule has 0 bridgehead atoms. The monoisotopic (exact) mass is 236 g/mol. The van der Waals surface area contributed by atoms with Gasteiger partial charge in [-0.05, 0) is 18.2 Å². The molecule has 0 saturated carbocycles. The predicted molar refractivity (Wildman–Crippen MR) is 62.7 cm³/mol. The van der Waals surface area contributed by atoms with Gasteiger partial charge < -0.3 is 10.3 Å².